The van der Waals surface area contributed by atoms with Crippen molar-refractivity contribution in [2.75, 3.05) is 0 Å². The van der Waals surface area contributed by atoms with Crippen LogP contribution < -0.4 is 0 Å². The molecular formula is C17H10Cl2F3NO2. The van der Waals surface area contributed by atoms with Crippen LogP contribution in [0.1, 0.15) is 11.1 Å². The van der Waals surface area contributed by atoms with Crippen molar-refractivity contribution in [3.63, 3.8) is 0 Å². The zero-order chi connectivity index (χ0) is 18.4. The Morgan fingerprint density at radius 3 is 2.44 bits per heavy atom. The number of aromatic amines is 1. The summed E-state index contributed by atoms with van der Waals surface area (Å²) in [6.07, 6.45) is -5.04. The molecule has 0 spiro atoms. The van der Waals surface area contributed by atoms with Crippen LogP contribution in [0.3, 0.4) is 0 Å². The van der Waals surface area contributed by atoms with Gasteiger partial charge in [0.25, 0.3) is 0 Å². The molecule has 3 rings (SSSR count). The summed E-state index contributed by atoms with van der Waals surface area (Å²) in [6, 6.07) is 8.32. The monoisotopic (exact) mass is 387 g/mol. The van der Waals surface area contributed by atoms with Gasteiger partial charge >= 0.3 is 12.1 Å². The lowest BCUT2D eigenvalue weighted by Crippen LogP contribution is -2.05. The molecule has 0 atom stereocenters. The molecule has 0 bridgehead atoms. The average molecular weight is 388 g/mol. The minimum Gasteiger partial charge on any atom is -0.481 e. The van der Waals surface area contributed by atoms with Gasteiger partial charge in [0.05, 0.1) is 33.2 Å². The largest absolute Gasteiger partial charge is 0.481 e. The van der Waals surface area contributed by atoms with Crippen LogP contribution in [0.15, 0.2) is 36.4 Å². The molecule has 0 amide bonds. The zero-order valence-corrected chi connectivity index (χ0v) is 13.9. The summed E-state index contributed by atoms with van der Waals surface area (Å²) in [6.45, 7) is 0. The number of aliphatic carboxylic acids is 1. The highest BCUT2D eigenvalue weighted by atomic mass is 35.5. The lowest BCUT2D eigenvalue weighted by molar-refractivity contribution is -0.137. The molecule has 0 radical (unpaired) electrons. The van der Waals surface area contributed by atoms with Gasteiger partial charge in [0.1, 0.15) is 0 Å². The SMILES string of the molecule is O=C(O)Cc1c(-c2cccc(Cl)c2Cl)[nH]c2c(C(F)(F)F)cccc12. The Bertz CT molecular complexity index is 980. The normalized spacial score (nSPS) is 11.9. The lowest BCUT2D eigenvalue weighted by Gasteiger charge is -2.07. The van der Waals surface area contributed by atoms with Crippen molar-refractivity contribution >= 4 is 40.1 Å². The van der Waals surface area contributed by atoms with Crippen LogP contribution >= 0.6 is 23.2 Å². The number of rotatable bonds is 3. The van der Waals surface area contributed by atoms with Crippen molar-refractivity contribution < 1.29 is 23.1 Å². The minimum atomic E-state index is -4.58. The molecule has 1 aromatic heterocycles. The summed E-state index contributed by atoms with van der Waals surface area (Å²) in [5, 5.41) is 9.71. The molecule has 8 heteroatoms. The van der Waals surface area contributed by atoms with E-state index in [4.69, 9.17) is 23.2 Å². The molecular weight excluding hydrogens is 378 g/mol. The molecule has 0 aliphatic heterocycles. The second kappa shape index (κ2) is 6.28. The number of carboxylic acids is 1. The molecule has 25 heavy (non-hydrogen) atoms. The predicted octanol–water partition coefficient (Wildman–Crippen LogP) is 5.79. The number of alkyl halides is 3. The van der Waals surface area contributed by atoms with Crippen molar-refractivity contribution in [2.24, 2.45) is 0 Å². The summed E-state index contributed by atoms with van der Waals surface area (Å²) in [5.41, 5.74) is -0.285. The molecule has 130 valence electrons. The maximum Gasteiger partial charge on any atom is 0.418 e. The van der Waals surface area contributed by atoms with Crippen molar-refractivity contribution in [3.8, 4) is 11.3 Å². The van der Waals surface area contributed by atoms with E-state index >= 15 is 0 Å². The fraction of sp³-hybridized carbons (Fsp3) is 0.118. The highest BCUT2D eigenvalue weighted by Gasteiger charge is 2.34. The van der Waals surface area contributed by atoms with Crippen molar-refractivity contribution in [3.05, 3.63) is 57.6 Å². The third kappa shape index (κ3) is 3.19. The van der Waals surface area contributed by atoms with E-state index in [-0.39, 0.29) is 32.2 Å². The zero-order valence-electron chi connectivity index (χ0n) is 12.4. The fourth-order valence-corrected chi connectivity index (χ4v) is 3.17. The van der Waals surface area contributed by atoms with Gasteiger partial charge in [-0.3, -0.25) is 4.79 Å². The van der Waals surface area contributed by atoms with E-state index in [0.717, 1.165) is 6.07 Å². The number of para-hydroxylation sites is 1. The Morgan fingerprint density at radius 2 is 1.80 bits per heavy atom. The van der Waals surface area contributed by atoms with Gasteiger partial charge in [-0.1, -0.05) is 47.5 Å². The number of halogens is 5. The Balaban J connectivity index is 2.38. The van der Waals surface area contributed by atoms with Crippen LogP contribution in [0, 0.1) is 0 Å². The number of carbonyl (C=O) groups is 1. The van der Waals surface area contributed by atoms with Gasteiger partial charge in [0.15, 0.2) is 0 Å². The number of carboxylic acid groups (broad SMARTS) is 1. The second-order valence-electron chi connectivity index (χ2n) is 5.38. The number of aromatic nitrogens is 1. The van der Waals surface area contributed by atoms with Crippen LogP contribution in [-0.4, -0.2) is 16.1 Å². The molecule has 0 aliphatic rings. The molecule has 3 nitrogen and oxygen atoms in total. The van der Waals surface area contributed by atoms with E-state index in [1.807, 2.05) is 0 Å². The molecule has 0 saturated heterocycles. The summed E-state index contributed by atoms with van der Waals surface area (Å²) in [5.74, 6) is -1.17. The first-order valence-electron chi connectivity index (χ1n) is 7.07. The number of fused-ring (bicyclic) bond motifs is 1. The molecule has 0 saturated carbocycles. The first-order valence-corrected chi connectivity index (χ1v) is 7.82. The maximum absolute atomic E-state index is 13.3. The molecule has 0 fully saturated rings. The standard InChI is InChI=1S/C17H10Cl2F3NO2/c18-12-6-2-4-9(14(12)19)15-10(7-13(24)25)8-3-1-5-11(16(8)23-15)17(20,21)22/h1-6,23H,7H2,(H,24,25). The van der Waals surface area contributed by atoms with E-state index < -0.39 is 24.1 Å². The maximum atomic E-state index is 13.3. The third-order valence-corrected chi connectivity index (χ3v) is 4.61. The highest BCUT2D eigenvalue weighted by Crippen LogP contribution is 2.41. The third-order valence-electron chi connectivity index (χ3n) is 3.80. The van der Waals surface area contributed by atoms with Gasteiger partial charge in [-0.2, -0.15) is 13.2 Å². The van der Waals surface area contributed by atoms with E-state index in [1.54, 1.807) is 12.1 Å². The number of nitrogens with one attached hydrogen (secondary N) is 1. The molecule has 2 N–H and O–H groups in total. The number of hydrogen-bond acceptors (Lipinski definition) is 1. The van der Waals surface area contributed by atoms with E-state index in [0.29, 0.717) is 5.56 Å². The lowest BCUT2D eigenvalue weighted by atomic mass is 10.0. The summed E-state index contributed by atoms with van der Waals surface area (Å²) >= 11 is 12.2. The van der Waals surface area contributed by atoms with Crippen LogP contribution in [0.25, 0.3) is 22.2 Å². The van der Waals surface area contributed by atoms with Crippen LogP contribution in [-0.2, 0) is 17.4 Å². The Kier molecular flexibility index (Phi) is 4.43. The van der Waals surface area contributed by atoms with Crippen LogP contribution in [0.5, 0.6) is 0 Å². The van der Waals surface area contributed by atoms with Crippen LogP contribution in [0.2, 0.25) is 10.0 Å². The smallest absolute Gasteiger partial charge is 0.418 e. The van der Waals surface area contributed by atoms with Gasteiger partial charge in [0, 0.05) is 10.9 Å². The molecule has 0 aliphatic carbocycles. The Hall–Kier alpha value is -2.18. The topological polar surface area (TPSA) is 53.1 Å². The van der Waals surface area contributed by atoms with Gasteiger partial charge in [-0.25, -0.2) is 0 Å². The van der Waals surface area contributed by atoms with Gasteiger partial charge in [0.2, 0.25) is 0 Å². The van der Waals surface area contributed by atoms with Gasteiger partial charge < -0.3 is 10.1 Å². The molecule has 0 unspecified atom stereocenters. The fourth-order valence-electron chi connectivity index (χ4n) is 2.77. The Morgan fingerprint density at radius 1 is 1.12 bits per heavy atom. The molecule has 3 aromatic rings. The first-order chi connectivity index (χ1) is 11.7. The second-order valence-corrected chi connectivity index (χ2v) is 6.16. The predicted molar refractivity (Wildman–Crippen MR) is 90.1 cm³/mol. The summed E-state index contributed by atoms with van der Waals surface area (Å²) in [4.78, 5) is 13.9. The van der Waals surface area contributed by atoms with Crippen molar-refractivity contribution in [2.45, 2.75) is 12.6 Å². The number of benzene rings is 2. The highest BCUT2D eigenvalue weighted by molar-refractivity contribution is 6.43. The van der Waals surface area contributed by atoms with Crippen molar-refractivity contribution in [1.29, 1.82) is 0 Å². The average Bonchev–Trinajstić information content (AvgIpc) is 2.87. The van der Waals surface area contributed by atoms with E-state index in [9.17, 15) is 23.1 Å². The Labute approximate surface area is 150 Å². The summed E-state index contributed by atoms with van der Waals surface area (Å²) < 4.78 is 39.9. The van der Waals surface area contributed by atoms with Crippen LogP contribution in [0.4, 0.5) is 13.2 Å². The van der Waals surface area contributed by atoms with Gasteiger partial charge in [-0.05, 0) is 17.7 Å². The van der Waals surface area contributed by atoms with Crippen molar-refractivity contribution in [1.82, 2.24) is 4.98 Å². The molecule has 2 aromatic carbocycles. The number of H-pyrrole nitrogens is 1. The minimum absolute atomic E-state index is 0.135. The quantitative estimate of drug-likeness (QED) is 0.597. The van der Waals surface area contributed by atoms with Gasteiger partial charge in [-0.15, -0.1) is 0 Å². The summed E-state index contributed by atoms with van der Waals surface area (Å²) in [7, 11) is 0. The van der Waals surface area contributed by atoms with E-state index in [1.165, 1.54) is 18.2 Å². The molecule has 1 heterocycles. The first kappa shape index (κ1) is 17.6. The van der Waals surface area contributed by atoms with E-state index in [2.05, 4.69) is 4.98 Å². The number of hydrogen-bond donors (Lipinski definition) is 2.